The first kappa shape index (κ1) is 21.9. The highest BCUT2D eigenvalue weighted by Crippen LogP contribution is 2.30. The van der Waals surface area contributed by atoms with Crippen molar-refractivity contribution in [2.24, 2.45) is 0 Å². The van der Waals surface area contributed by atoms with Crippen molar-refractivity contribution in [1.82, 2.24) is 20.3 Å². The number of aryl methyl sites for hydroxylation is 1. The van der Waals surface area contributed by atoms with E-state index in [-0.39, 0.29) is 0 Å². The Labute approximate surface area is 193 Å². The highest BCUT2D eigenvalue weighted by molar-refractivity contribution is 7.14. The summed E-state index contributed by atoms with van der Waals surface area (Å²) < 4.78 is 5.78. The van der Waals surface area contributed by atoms with E-state index in [9.17, 15) is 5.11 Å². The van der Waals surface area contributed by atoms with Gasteiger partial charge < -0.3 is 15.2 Å². The van der Waals surface area contributed by atoms with E-state index < -0.39 is 6.10 Å². The third-order valence-corrected chi connectivity index (χ3v) is 6.37. The van der Waals surface area contributed by atoms with Crippen LogP contribution in [0.3, 0.4) is 0 Å². The second-order valence-electron chi connectivity index (χ2n) is 6.80. The monoisotopic (exact) mass is 472 g/mol. The molecule has 0 amide bonds. The summed E-state index contributed by atoms with van der Waals surface area (Å²) in [5.41, 5.74) is 3.64. The van der Waals surface area contributed by atoms with E-state index in [2.05, 4.69) is 15.3 Å². The van der Waals surface area contributed by atoms with Crippen LogP contribution >= 0.6 is 34.3 Å². The highest BCUT2D eigenvalue weighted by atomic mass is 35.5. The van der Waals surface area contributed by atoms with Crippen LogP contribution in [0.4, 0.5) is 0 Å². The lowest BCUT2D eigenvalue weighted by Gasteiger charge is -2.12. The summed E-state index contributed by atoms with van der Waals surface area (Å²) in [7, 11) is 0. The molecule has 0 saturated heterocycles. The zero-order chi connectivity index (χ0) is 21.6. The molecule has 2 N–H and O–H groups in total. The lowest BCUT2D eigenvalue weighted by atomic mass is 10.1. The van der Waals surface area contributed by atoms with Gasteiger partial charge in [0.15, 0.2) is 0 Å². The van der Waals surface area contributed by atoms with Gasteiger partial charge in [-0.1, -0.05) is 17.7 Å². The van der Waals surface area contributed by atoms with Crippen LogP contribution in [-0.4, -0.2) is 39.8 Å². The zero-order valence-electron chi connectivity index (χ0n) is 16.8. The van der Waals surface area contributed by atoms with Crippen molar-refractivity contribution in [3.63, 3.8) is 0 Å². The number of hydrogen-bond acceptors (Lipinski definition) is 8. The van der Waals surface area contributed by atoms with Crippen molar-refractivity contribution in [3.05, 3.63) is 69.1 Å². The molecule has 1 atom stereocenters. The number of aliphatic hydroxyl groups is 1. The maximum absolute atomic E-state index is 10.1. The van der Waals surface area contributed by atoms with Crippen molar-refractivity contribution < 1.29 is 9.84 Å². The number of thiazole rings is 2. The van der Waals surface area contributed by atoms with Crippen LogP contribution in [0.15, 0.2) is 53.4 Å². The topological polar surface area (TPSA) is 80.2 Å². The summed E-state index contributed by atoms with van der Waals surface area (Å²) in [6.07, 6.45) is 0.941. The van der Waals surface area contributed by atoms with E-state index in [0.717, 1.165) is 38.3 Å². The summed E-state index contributed by atoms with van der Waals surface area (Å²) in [5.74, 6) is 0.790. The number of ether oxygens (including phenoxy) is 1. The van der Waals surface area contributed by atoms with Gasteiger partial charge in [0, 0.05) is 41.2 Å². The van der Waals surface area contributed by atoms with E-state index >= 15 is 0 Å². The Bertz CT molecular complexity index is 1110. The van der Waals surface area contributed by atoms with Gasteiger partial charge in [0.05, 0.1) is 16.8 Å². The Balaban J connectivity index is 1.23. The van der Waals surface area contributed by atoms with Gasteiger partial charge in [0.1, 0.15) is 28.2 Å². The number of hydrogen-bond donors (Lipinski definition) is 2. The Kier molecular flexibility index (Phi) is 7.26. The first-order valence-electron chi connectivity index (χ1n) is 9.70. The molecule has 3 aromatic heterocycles. The lowest BCUT2D eigenvalue weighted by Crippen LogP contribution is -2.26. The van der Waals surface area contributed by atoms with Gasteiger partial charge in [-0.05, 0) is 37.3 Å². The summed E-state index contributed by atoms with van der Waals surface area (Å²) in [5, 5.41) is 19.8. The predicted octanol–water partition coefficient (Wildman–Crippen LogP) is 4.99. The molecule has 9 heteroatoms. The second kappa shape index (κ2) is 10.3. The normalized spacial score (nSPS) is 12.1. The molecule has 0 fully saturated rings. The minimum atomic E-state index is -0.639. The van der Waals surface area contributed by atoms with Gasteiger partial charge in [-0.2, -0.15) is 0 Å². The van der Waals surface area contributed by atoms with E-state index in [4.69, 9.17) is 21.3 Å². The third kappa shape index (κ3) is 5.87. The van der Waals surface area contributed by atoms with Crippen LogP contribution in [0.1, 0.15) is 16.7 Å². The van der Waals surface area contributed by atoms with E-state index in [0.29, 0.717) is 24.8 Å². The Morgan fingerprint density at radius 3 is 2.58 bits per heavy atom. The fraction of sp³-hybridized carbons (Fsp3) is 0.227. The largest absolute Gasteiger partial charge is 0.492 e. The second-order valence-corrected chi connectivity index (χ2v) is 9.10. The predicted molar refractivity (Wildman–Crippen MR) is 126 cm³/mol. The van der Waals surface area contributed by atoms with Gasteiger partial charge in [-0.3, -0.25) is 0 Å². The molecule has 6 nitrogen and oxygen atoms in total. The fourth-order valence-corrected chi connectivity index (χ4v) is 4.46. The van der Waals surface area contributed by atoms with Gasteiger partial charge in [0.2, 0.25) is 0 Å². The number of benzene rings is 1. The molecule has 0 unspecified atom stereocenters. The number of aromatic nitrogens is 3. The van der Waals surface area contributed by atoms with E-state index in [1.807, 2.05) is 41.9 Å². The van der Waals surface area contributed by atoms with Crippen LogP contribution in [0.2, 0.25) is 5.15 Å². The van der Waals surface area contributed by atoms with Crippen LogP contribution in [0.5, 0.6) is 5.75 Å². The highest BCUT2D eigenvalue weighted by Gasteiger charge is 2.10. The molecule has 4 rings (SSSR count). The van der Waals surface area contributed by atoms with Crippen molar-refractivity contribution in [3.8, 4) is 27.7 Å². The van der Waals surface area contributed by atoms with E-state index in [1.54, 1.807) is 41.0 Å². The lowest BCUT2D eigenvalue weighted by molar-refractivity contribution is 0.171. The quantitative estimate of drug-likeness (QED) is 0.264. The average Bonchev–Trinajstić information content (AvgIpc) is 3.43. The van der Waals surface area contributed by atoms with Crippen molar-refractivity contribution in [2.45, 2.75) is 13.0 Å². The molecular weight excluding hydrogens is 452 g/mol. The molecule has 0 aliphatic heterocycles. The molecule has 0 radical (unpaired) electrons. The Morgan fingerprint density at radius 2 is 1.87 bits per heavy atom. The molecule has 1 aromatic carbocycles. The Morgan fingerprint density at radius 1 is 1.06 bits per heavy atom. The van der Waals surface area contributed by atoms with Gasteiger partial charge in [-0.25, -0.2) is 15.0 Å². The first-order chi connectivity index (χ1) is 15.1. The average molecular weight is 473 g/mol. The summed E-state index contributed by atoms with van der Waals surface area (Å²) in [6.45, 7) is 3.52. The Hall–Kier alpha value is -2.36. The van der Waals surface area contributed by atoms with Crippen LogP contribution < -0.4 is 10.1 Å². The zero-order valence-corrected chi connectivity index (χ0v) is 19.2. The fourth-order valence-electron chi connectivity index (χ4n) is 2.89. The molecule has 31 heavy (non-hydrogen) atoms. The molecule has 0 spiro atoms. The molecule has 3 heterocycles. The number of halogens is 1. The number of pyridine rings is 1. The van der Waals surface area contributed by atoms with Gasteiger partial charge >= 0.3 is 0 Å². The number of nitrogens with one attached hydrogen (secondary N) is 1. The molecule has 0 aliphatic carbocycles. The maximum Gasteiger partial charge on any atom is 0.143 e. The summed E-state index contributed by atoms with van der Waals surface area (Å²) in [4.78, 5) is 13.2. The van der Waals surface area contributed by atoms with Crippen molar-refractivity contribution in [2.75, 3.05) is 19.7 Å². The molecular formula is C22H21ClN4O2S2. The molecule has 160 valence electrons. The van der Waals surface area contributed by atoms with Crippen LogP contribution in [0, 0.1) is 6.92 Å². The smallest absolute Gasteiger partial charge is 0.143 e. The van der Waals surface area contributed by atoms with Crippen LogP contribution in [-0.2, 0) is 0 Å². The number of nitrogens with zero attached hydrogens (tertiary/aromatic N) is 3. The first-order valence-corrected chi connectivity index (χ1v) is 11.8. The number of aliphatic hydroxyl groups excluding tert-OH is 1. The van der Waals surface area contributed by atoms with Gasteiger partial charge in [-0.15, -0.1) is 22.7 Å². The standard InChI is InChI=1S/C22H21ClN4O2S2/c1-14-26-19(13-30-14)22-27-18(12-31-22)15-2-5-17(6-3-15)29-9-8-24-11-20(28)16-4-7-21(23)25-10-16/h2-7,10,12-13,20,24,28H,8-9,11H2,1H3/t20-/m0/s1. The van der Waals surface area contributed by atoms with Crippen LogP contribution in [0.25, 0.3) is 22.0 Å². The molecule has 4 aromatic rings. The molecule has 0 bridgehead atoms. The van der Waals surface area contributed by atoms with Crippen molar-refractivity contribution >= 4 is 34.3 Å². The SMILES string of the molecule is Cc1nc(-c2nc(-c3ccc(OCCNC[C@H](O)c4ccc(Cl)nc4)cc3)cs2)cs1. The summed E-state index contributed by atoms with van der Waals surface area (Å²) >= 11 is 8.99. The molecule has 0 saturated carbocycles. The minimum absolute atomic E-state index is 0.410. The van der Waals surface area contributed by atoms with E-state index in [1.165, 1.54) is 0 Å². The third-order valence-electron chi connectivity index (χ3n) is 4.51. The van der Waals surface area contributed by atoms with Crippen molar-refractivity contribution in [1.29, 1.82) is 0 Å². The summed E-state index contributed by atoms with van der Waals surface area (Å²) in [6, 6.07) is 11.3. The number of rotatable bonds is 9. The van der Waals surface area contributed by atoms with Gasteiger partial charge in [0.25, 0.3) is 0 Å². The maximum atomic E-state index is 10.1. The molecule has 0 aliphatic rings. The minimum Gasteiger partial charge on any atom is -0.492 e.